The molecule has 0 spiro atoms. The van der Waals surface area contributed by atoms with Crippen LogP contribution in [0.5, 0.6) is 0 Å². The first kappa shape index (κ1) is 13.1. The van der Waals surface area contributed by atoms with Gasteiger partial charge in [-0.1, -0.05) is 30.3 Å². The van der Waals surface area contributed by atoms with Crippen LogP contribution >= 0.6 is 0 Å². The zero-order valence-electron chi connectivity index (χ0n) is 12.0. The number of fused-ring (bicyclic) bond motifs is 4. The van der Waals surface area contributed by atoms with Crippen LogP contribution in [0.2, 0.25) is 0 Å². The fourth-order valence-corrected chi connectivity index (χ4v) is 3.62. The number of benzene rings is 1. The molecule has 3 atom stereocenters. The summed E-state index contributed by atoms with van der Waals surface area (Å²) in [4.78, 5) is 5.15. The average Bonchev–Trinajstić information content (AvgIpc) is 2.69. The van der Waals surface area contributed by atoms with E-state index in [9.17, 15) is 0 Å². The SMILES string of the molecule is COC1CCC2CN(C)C1CN2Cc1ccccc1. The van der Waals surface area contributed by atoms with Crippen molar-refractivity contribution in [3.63, 3.8) is 0 Å². The summed E-state index contributed by atoms with van der Waals surface area (Å²) < 4.78 is 5.70. The van der Waals surface area contributed by atoms with Gasteiger partial charge in [0, 0.05) is 38.8 Å². The maximum absolute atomic E-state index is 5.70. The Hall–Kier alpha value is -0.900. The van der Waals surface area contributed by atoms with E-state index in [1.807, 2.05) is 7.11 Å². The van der Waals surface area contributed by atoms with Crippen LogP contribution in [0.4, 0.5) is 0 Å². The molecule has 104 valence electrons. The maximum Gasteiger partial charge on any atom is 0.0739 e. The summed E-state index contributed by atoms with van der Waals surface area (Å²) in [7, 11) is 4.10. The summed E-state index contributed by atoms with van der Waals surface area (Å²) in [6.07, 6.45) is 2.85. The molecule has 1 aromatic rings. The van der Waals surface area contributed by atoms with Gasteiger partial charge in [-0.3, -0.25) is 9.80 Å². The third kappa shape index (κ3) is 2.69. The van der Waals surface area contributed by atoms with E-state index < -0.39 is 0 Å². The molecule has 3 unspecified atom stereocenters. The average molecular weight is 260 g/mol. The van der Waals surface area contributed by atoms with Crippen LogP contribution in [-0.4, -0.2) is 55.2 Å². The lowest BCUT2D eigenvalue weighted by atomic mass is 10.1. The van der Waals surface area contributed by atoms with Gasteiger partial charge in [0.05, 0.1) is 6.10 Å². The topological polar surface area (TPSA) is 15.7 Å². The summed E-state index contributed by atoms with van der Waals surface area (Å²) in [6.45, 7) is 3.39. The third-order valence-corrected chi connectivity index (χ3v) is 4.75. The fraction of sp³-hybridized carbons (Fsp3) is 0.625. The van der Waals surface area contributed by atoms with Gasteiger partial charge in [-0.25, -0.2) is 0 Å². The molecule has 3 heterocycles. The Kier molecular flexibility index (Phi) is 3.87. The zero-order chi connectivity index (χ0) is 13.2. The first-order valence-electron chi connectivity index (χ1n) is 7.29. The van der Waals surface area contributed by atoms with Crippen molar-refractivity contribution in [3.05, 3.63) is 35.9 Å². The van der Waals surface area contributed by atoms with Crippen LogP contribution in [0.1, 0.15) is 18.4 Å². The molecular weight excluding hydrogens is 236 g/mol. The Balaban J connectivity index is 1.74. The van der Waals surface area contributed by atoms with Crippen molar-refractivity contribution in [1.82, 2.24) is 9.80 Å². The van der Waals surface area contributed by atoms with Gasteiger partial charge >= 0.3 is 0 Å². The minimum atomic E-state index is 0.399. The molecule has 4 rings (SSSR count). The van der Waals surface area contributed by atoms with Crippen LogP contribution in [-0.2, 0) is 11.3 Å². The molecule has 19 heavy (non-hydrogen) atoms. The molecule has 3 nitrogen and oxygen atoms in total. The molecule has 2 bridgehead atoms. The molecule has 3 aliphatic rings. The number of piperazine rings is 1. The molecule has 0 amide bonds. The van der Waals surface area contributed by atoms with Crippen LogP contribution in [0, 0.1) is 0 Å². The first-order valence-corrected chi connectivity index (χ1v) is 7.29. The molecule has 0 N–H and O–H groups in total. The fourth-order valence-electron chi connectivity index (χ4n) is 3.62. The van der Waals surface area contributed by atoms with Crippen molar-refractivity contribution in [3.8, 4) is 0 Å². The summed E-state index contributed by atoms with van der Waals surface area (Å²) in [5, 5.41) is 0. The number of methoxy groups -OCH3 is 1. The minimum absolute atomic E-state index is 0.399. The Bertz CT molecular complexity index is 408. The Labute approximate surface area is 116 Å². The van der Waals surface area contributed by atoms with Crippen molar-refractivity contribution in [2.45, 2.75) is 37.6 Å². The smallest absolute Gasteiger partial charge is 0.0739 e. The van der Waals surface area contributed by atoms with Gasteiger partial charge < -0.3 is 4.74 Å². The zero-order valence-corrected chi connectivity index (χ0v) is 12.0. The van der Waals surface area contributed by atoms with Gasteiger partial charge in [0.15, 0.2) is 0 Å². The van der Waals surface area contributed by atoms with Crippen LogP contribution in [0.25, 0.3) is 0 Å². The monoisotopic (exact) mass is 260 g/mol. The van der Waals surface area contributed by atoms with E-state index in [0.29, 0.717) is 18.2 Å². The third-order valence-electron chi connectivity index (χ3n) is 4.75. The molecule has 0 aromatic heterocycles. The standard InChI is InChI=1S/C16H24N2O/c1-17-11-14-8-9-16(19-2)15(17)12-18(14)10-13-6-4-3-5-7-13/h3-7,14-16H,8-12H2,1-2H3. The van der Waals surface area contributed by atoms with E-state index >= 15 is 0 Å². The summed E-state index contributed by atoms with van der Waals surface area (Å²) in [6, 6.07) is 12.1. The van der Waals surface area contributed by atoms with Crippen LogP contribution in [0.3, 0.4) is 0 Å². The highest BCUT2D eigenvalue weighted by Gasteiger charge is 2.39. The highest BCUT2D eigenvalue weighted by atomic mass is 16.5. The number of hydrogen-bond acceptors (Lipinski definition) is 3. The van der Waals surface area contributed by atoms with Gasteiger partial charge in [-0.2, -0.15) is 0 Å². The largest absolute Gasteiger partial charge is 0.380 e. The second-order valence-corrected chi connectivity index (χ2v) is 5.93. The molecule has 0 aliphatic carbocycles. The molecule has 3 saturated heterocycles. The number of ether oxygens (including phenoxy) is 1. The van der Waals surface area contributed by atoms with E-state index in [0.717, 1.165) is 13.1 Å². The highest BCUT2D eigenvalue weighted by Crippen LogP contribution is 2.29. The molecule has 0 saturated carbocycles. The van der Waals surface area contributed by atoms with Crippen molar-refractivity contribution >= 4 is 0 Å². The molecule has 3 fully saturated rings. The van der Waals surface area contributed by atoms with Crippen molar-refractivity contribution in [2.24, 2.45) is 0 Å². The van der Waals surface area contributed by atoms with Gasteiger partial charge in [0.2, 0.25) is 0 Å². The van der Waals surface area contributed by atoms with E-state index in [4.69, 9.17) is 4.74 Å². The summed E-state index contributed by atoms with van der Waals surface area (Å²) in [5.41, 5.74) is 1.42. The van der Waals surface area contributed by atoms with Crippen molar-refractivity contribution < 1.29 is 4.74 Å². The number of hydrogen-bond donors (Lipinski definition) is 0. The summed E-state index contributed by atoms with van der Waals surface area (Å²) in [5.74, 6) is 0. The van der Waals surface area contributed by atoms with Gasteiger partial charge in [0.1, 0.15) is 0 Å². The predicted molar refractivity (Wildman–Crippen MR) is 77.1 cm³/mol. The van der Waals surface area contributed by atoms with Gasteiger partial charge in [-0.15, -0.1) is 0 Å². The second kappa shape index (κ2) is 5.61. The maximum atomic E-state index is 5.70. The lowest BCUT2D eigenvalue weighted by molar-refractivity contribution is -0.0118. The van der Waals surface area contributed by atoms with E-state index in [-0.39, 0.29) is 0 Å². The molecule has 1 aromatic carbocycles. The van der Waals surface area contributed by atoms with Crippen molar-refractivity contribution in [2.75, 3.05) is 27.2 Å². The highest BCUT2D eigenvalue weighted by molar-refractivity contribution is 5.15. The quantitative estimate of drug-likeness (QED) is 0.826. The summed E-state index contributed by atoms with van der Waals surface area (Å²) >= 11 is 0. The van der Waals surface area contributed by atoms with Crippen molar-refractivity contribution in [1.29, 1.82) is 0 Å². The Morgan fingerprint density at radius 1 is 1.16 bits per heavy atom. The van der Waals surface area contributed by atoms with E-state index in [1.54, 1.807) is 0 Å². The number of nitrogens with zero attached hydrogens (tertiary/aromatic N) is 2. The lowest BCUT2D eigenvalue weighted by Crippen LogP contribution is -2.57. The number of rotatable bonds is 3. The van der Waals surface area contributed by atoms with Crippen LogP contribution < -0.4 is 0 Å². The van der Waals surface area contributed by atoms with E-state index in [2.05, 4.69) is 47.2 Å². The molecule has 3 heteroatoms. The molecular formula is C16H24N2O. The normalized spacial score (nSPS) is 32.4. The first-order chi connectivity index (χ1) is 9.28. The Morgan fingerprint density at radius 2 is 1.95 bits per heavy atom. The van der Waals surface area contributed by atoms with Crippen LogP contribution in [0.15, 0.2) is 30.3 Å². The Morgan fingerprint density at radius 3 is 2.68 bits per heavy atom. The predicted octanol–water partition coefficient (Wildman–Crippen LogP) is 1.98. The second-order valence-electron chi connectivity index (χ2n) is 5.93. The van der Waals surface area contributed by atoms with E-state index in [1.165, 1.54) is 24.9 Å². The van der Waals surface area contributed by atoms with Gasteiger partial charge in [0.25, 0.3) is 0 Å². The molecule has 3 aliphatic heterocycles. The minimum Gasteiger partial charge on any atom is -0.380 e. The molecule has 0 radical (unpaired) electrons. The lowest BCUT2D eigenvalue weighted by Gasteiger charge is -2.43. The number of likely N-dealkylation sites (N-methyl/N-ethyl adjacent to an activating group) is 1. The van der Waals surface area contributed by atoms with Gasteiger partial charge in [-0.05, 0) is 25.5 Å².